The summed E-state index contributed by atoms with van der Waals surface area (Å²) in [7, 11) is 1.24. The van der Waals surface area contributed by atoms with Crippen molar-refractivity contribution in [1.82, 2.24) is 5.32 Å². The second kappa shape index (κ2) is 6.03. The largest absolute Gasteiger partial charge is 0.409 e. The molecule has 0 radical (unpaired) electrons. The highest BCUT2D eigenvalue weighted by Crippen LogP contribution is 2.25. The number of carbonyl (C=O) groups is 1. The molecule has 1 amide bonds. The Kier molecular flexibility index (Phi) is 4.67. The van der Waals surface area contributed by atoms with Crippen LogP contribution in [0.2, 0.25) is 0 Å². The van der Waals surface area contributed by atoms with Gasteiger partial charge in [0.15, 0.2) is 11.7 Å². The number of carbonyl (C=O) groups excluding carboxylic acids is 1. The molecule has 1 heterocycles. The molecule has 0 aromatic rings. The average molecular weight is 271 g/mol. The van der Waals surface area contributed by atoms with E-state index in [1.54, 1.807) is 0 Å². The summed E-state index contributed by atoms with van der Waals surface area (Å²) >= 11 is 0. The summed E-state index contributed by atoms with van der Waals surface area (Å²) in [6, 6.07) is 0. The topological polar surface area (TPSA) is 131 Å². The van der Waals surface area contributed by atoms with Crippen molar-refractivity contribution in [3.63, 3.8) is 0 Å². The summed E-state index contributed by atoms with van der Waals surface area (Å²) in [6.07, 6.45) is 1.20. The zero-order valence-corrected chi connectivity index (χ0v) is 11.0. The molecule has 4 N–H and O–H groups in total. The molecule has 1 unspecified atom stereocenters. The molecule has 9 heteroatoms. The van der Waals surface area contributed by atoms with Crippen LogP contribution in [-0.4, -0.2) is 41.2 Å². The first-order chi connectivity index (χ1) is 8.95. The number of amidine groups is 2. The number of nitrogens with one attached hydrogen (secondary N) is 1. The first-order valence-corrected chi connectivity index (χ1v) is 5.61. The molecule has 106 valence electrons. The van der Waals surface area contributed by atoms with E-state index in [1.165, 1.54) is 7.11 Å². The van der Waals surface area contributed by atoms with Crippen molar-refractivity contribution >= 4 is 23.3 Å². The third-order valence-corrected chi connectivity index (χ3v) is 2.67. The van der Waals surface area contributed by atoms with E-state index in [1.807, 2.05) is 13.8 Å². The molecular weight excluding hydrogens is 254 g/mol. The van der Waals surface area contributed by atoms with Crippen LogP contribution >= 0.6 is 0 Å². The first-order valence-electron chi connectivity index (χ1n) is 5.61. The van der Waals surface area contributed by atoms with Crippen LogP contribution in [0.1, 0.15) is 26.7 Å². The Morgan fingerprint density at radius 1 is 1.74 bits per heavy atom. The predicted octanol–water partition coefficient (Wildman–Crippen LogP) is -0.246. The van der Waals surface area contributed by atoms with Gasteiger partial charge in [-0.05, 0) is 13.3 Å². The van der Waals surface area contributed by atoms with Crippen LogP contribution in [-0.2, 0) is 14.5 Å². The second-order valence-corrected chi connectivity index (χ2v) is 4.17. The summed E-state index contributed by atoms with van der Waals surface area (Å²) in [4.78, 5) is 21.5. The lowest BCUT2D eigenvalue weighted by Gasteiger charge is -2.18. The van der Waals surface area contributed by atoms with Gasteiger partial charge in [-0.15, -0.1) is 0 Å². The molecule has 0 fully saturated rings. The van der Waals surface area contributed by atoms with Crippen molar-refractivity contribution in [2.75, 3.05) is 7.11 Å². The Bertz CT molecular complexity index is 445. The standard InChI is InChI=1S/C10H17N5O4/c1-4-10(2)5-6(14-19-10)12-9(16)7(15-18-3)8(11)13-17/h17H,4-5H2,1-3H3,(H2,11,13)(H,12,14,16)/b15-7+. The highest BCUT2D eigenvalue weighted by molar-refractivity contribution is 6.66. The lowest BCUT2D eigenvalue weighted by Crippen LogP contribution is -2.42. The van der Waals surface area contributed by atoms with Crippen molar-refractivity contribution in [1.29, 1.82) is 0 Å². The van der Waals surface area contributed by atoms with E-state index in [-0.39, 0.29) is 5.71 Å². The molecule has 0 saturated heterocycles. The lowest BCUT2D eigenvalue weighted by molar-refractivity contribution is -0.113. The fourth-order valence-electron chi connectivity index (χ4n) is 1.37. The summed E-state index contributed by atoms with van der Waals surface area (Å²) in [5.74, 6) is -0.805. The summed E-state index contributed by atoms with van der Waals surface area (Å²) in [6.45, 7) is 3.83. The van der Waals surface area contributed by atoms with Gasteiger partial charge in [0.05, 0.1) is 6.42 Å². The fraction of sp³-hybridized carbons (Fsp3) is 0.600. The quantitative estimate of drug-likeness (QED) is 0.281. The minimum atomic E-state index is -0.695. The Morgan fingerprint density at radius 3 is 2.89 bits per heavy atom. The molecule has 1 aliphatic rings. The van der Waals surface area contributed by atoms with Crippen molar-refractivity contribution < 1.29 is 19.7 Å². The Morgan fingerprint density at radius 2 is 2.42 bits per heavy atom. The summed E-state index contributed by atoms with van der Waals surface area (Å²) in [5.41, 5.74) is 4.53. The fourth-order valence-corrected chi connectivity index (χ4v) is 1.37. The zero-order chi connectivity index (χ0) is 14.5. The van der Waals surface area contributed by atoms with E-state index >= 15 is 0 Å². The summed E-state index contributed by atoms with van der Waals surface area (Å²) < 4.78 is 0. The Hall–Kier alpha value is -2.32. The zero-order valence-electron chi connectivity index (χ0n) is 11.0. The SMILES string of the molecule is CCC1(C)CC(NC(=O)C(=N/OC)/C(N)=N/O)=NO1. The van der Waals surface area contributed by atoms with Gasteiger partial charge >= 0.3 is 0 Å². The van der Waals surface area contributed by atoms with Crippen LogP contribution in [0.25, 0.3) is 0 Å². The number of nitrogens with two attached hydrogens (primary N) is 1. The molecule has 1 atom stereocenters. The number of rotatable bonds is 4. The van der Waals surface area contributed by atoms with E-state index in [9.17, 15) is 4.79 Å². The van der Waals surface area contributed by atoms with Gasteiger partial charge in [-0.25, -0.2) is 0 Å². The molecule has 0 saturated carbocycles. The molecule has 1 rings (SSSR count). The minimum absolute atomic E-state index is 0.349. The normalized spacial score (nSPS) is 23.6. The third kappa shape index (κ3) is 3.57. The lowest BCUT2D eigenvalue weighted by atomic mass is 9.99. The number of amides is 1. The Labute approximate surface area is 110 Å². The second-order valence-electron chi connectivity index (χ2n) is 4.17. The predicted molar refractivity (Wildman–Crippen MR) is 67.8 cm³/mol. The number of nitrogens with zero attached hydrogens (tertiary/aromatic N) is 3. The maximum Gasteiger partial charge on any atom is 0.282 e. The van der Waals surface area contributed by atoms with Gasteiger partial charge < -0.3 is 25.9 Å². The van der Waals surface area contributed by atoms with E-state index < -0.39 is 17.3 Å². The van der Waals surface area contributed by atoms with Crippen LogP contribution in [0.4, 0.5) is 0 Å². The van der Waals surface area contributed by atoms with Gasteiger partial charge in [-0.2, -0.15) is 0 Å². The molecule has 19 heavy (non-hydrogen) atoms. The third-order valence-electron chi connectivity index (χ3n) is 2.67. The molecule has 0 aliphatic carbocycles. The molecule has 0 spiro atoms. The maximum absolute atomic E-state index is 11.9. The summed E-state index contributed by atoms with van der Waals surface area (Å²) in [5, 5.41) is 20.9. The van der Waals surface area contributed by atoms with Crippen molar-refractivity contribution in [3.8, 4) is 0 Å². The number of hydrogen-bond acceptors (Lipinski definition) is 7. The molecular formula is C10H17N5O4. The minimum Gasteiger partial charge on any atom is -0.409 e. The van der Waals surface area contributed by atoms with Crippen molar-refractivity contribution in [2.24, 2.45) is 21.2 Å². The van der Waals surface area contributed by atoms with Crippen LogP contribution < -0.4 is 11.1 Å². The van der Waals surface area contributed by atoms with Crippen LogP contribution in [0.3, 0.4) is 0 Å². The van der Waals surface area contributed by atoms with Gasteiger partial charge in [0.25, 0.3) is 5.91 Å². The smallest absolute Gasteiger partial charge is 0.282 e. The highest BCUT2D eigenvalue weighted by atomic mass is 16.7. The average Bonchev–Trinajstić information content (AvgIpc) is 2.77. The number of oxime groups is 3. The van der Waals surface area contributed by atoms with E-state index in [0.29, 0.717) is 12.3 Å². The molecule has 1 aliphatic heterocycles. The molecule has 9 nitrogen and oxygen atoms in total. The molecule has 0 aromatic heterocycles. The van der Waals surface area contributed by atoms with Crippen molar-refractivity contribution in [3.05, 3.63) is 0 Å². The van der Waals surface area contributed by atoms with Gasteiger partial charge in [-0.3, -0.25) is 4.79 Å². The number of hydrogen-bond donors (Lipinski definition) is 3. The van der Waals surface area contributed by atoms with Gasteiger partial charge in [0.2, 0.25) is 5.71 Å². The van der Waals surface area contributed by atoms with E-state index in [4.69, 9.17) is 15.8 Å². The maximum atomic E-state index is 11.9. The van der Waals surface area contributed by atoms with Crippen LogP contribution in [0.5, 0.6) is 0 Å². The van der Waals surface area contributed by atoms with Gasteiger partial charge in [-0.1, -0.05) is 22.4 Å². The van der Waals surface area contributed by atoms with E-state index in [2.05, 4.69) is 25.6 Å². The van der Waals surface area contributed by atoms with Gasteiger partial charge in [0.1, 0.15) is 12.7 Å². The van der Waals surface area contributed by atoms with Crippen molar-refractivity contribution in [2.45, 2.75) is 32.3 Å². The first kappa shape index (κ1) is 14.7. The van der Waals surface area contributed by atoms with Crippen LogP contribution in [0, 0.1) is 0 Å². The monoisotopic (exact) mass is 271 g/mol. The molecule has 0 bridgehead atoms. The van der Waals surface area contributed by atoms with E-state index in [0.717, 1.165) is 6.42 Å². The van der Waals surface area contributed by atoms with Gasteiger partial charge in [0, 0.05) is 0 Å². The molecule has 0 aromatic carbocycles. The Balaban J connectivity index is 2.73. The van der Waals surface area contributed by atoms with Crippen LogP contribution in [0.15, 0.2) is 15.5 Å². The highest BCUT2D eigenvalue weighted by Gasteiger charge is 2.34.